The van der Waals surface area contributed by atoms with Gasteiger partial charge in [0.15, 0.2) is 0 Å². The molecule has 136 valence electrons. The summed E-state index contributed by atoms with van der Waals surface area (Å²) >= 11 is 0. The molecule has 0 aliphatic heterocycles. The average Bonchev–Trinajstić information content (AvgIpc) is 2.56. The molecule has 1 aromatic carbocycles. The molecule has 0 aliphatic rings. The number of benzene rings is 1. The maximum atomic E-state index is 11.6. The standard InChI is InChI=1S/C18H29NO3S2/c1-18(2,14-19-3)24-23-15-21-12-8-7-11-17(20)22-13-16-9-5-4-6-10-16/h4-6,9-10,19H,7-8,11-15H2,1-3H3. The van der Waals surface area contributed by atoms with Gasteiger partial charge in [-0.1, -0.05) is 51.9 Å². The highest BCUT2D eigenvalue weighted by molar-refractivity contribution is 8.77. The van der Waals surface area contributed by atoms with E-state index in [4.69, 9.17) is 9.47 Å². The Balaban J connectivity index is 1.93. The number of nitrogens with one attached hydrogen (secondary N) is 1. The van der Waals surface area contributed by atoms with Crippen LogP contribution in [0.3, 0.4) is 0 Å². The number of rotatable bonds is 13. The van der Waals surface area contributed by atoms with Crippen molar-refractivity contribution in [3.05, 3.63) is 35.9 Å². The predicted molar refractivity (Wildman–Crippen MR) is 104 cm³/mol. The van der Waals surface area contributed by atoms with Crippen LogP contribution in [-0.2, 0) is 20.9 Å². The summed E-state index contributed by atoms with van der Waals surface area (Å²) in [6, 6.07) is 9.74. The molecule has 0 heterocycles. The normalized spacial score (nSPS) is 11.5. The Bertz CT molecular complexity index is 455. The summed E-state index contributed by atoms with van der Waals surface area (Å²) in [7, 11) is 5.53. The molecule has 1 rings (SSSR count). The van der Waals surface area contributed by atoms with Crippen LogP contribution >= 0.6 is 21.6 Å². The van der Waals surface area contributed by atoms with Crippen LogP contribution in [0.25, 0.3) is 0 Å². The van der Waals surface area contributed by atoms with E-state index in [9.17, 15) is 4.79 Å². The lowest BCUT2D eigenvalue weighted by Crippen LogP contribution is -2.28. The zero-order valence-electron chi connectivity index (χ0n) is 14.9. The molecule has 0 aromatic heterocycles. The van der Waals surface area contributed by atoms with Crippen molar-refractivity contribution in [1.82, 2.24) is 5.32 Å². The van der Waals surface area contributed by atoms with Gasteiger partial charge in [-0.25, -0.2) is 0 Å². The van der Waals surface area contributed by atoms with E-state index in [1.54, 1.807) is 10.8 Å². The van der Waals surface area contributed by atoms with E-state index in [0.717, 1.165) is 24.9 Å². The summed E-state index contributed by atoms with van der Waals surface area (Å²) < 4.78 is 11.0. The first kappa shape index (κ1) is 21.4. The molecule has 0 atom stereocenters. The highest BCUT2D eigenvalue weighted by atomic mass is 33.1. The number of hydrogen-bond donors (Lipinski definition) is 1. The molecule has 4 nitrogen and oxygen atoms in total. The van der Waals surface area contributed by atoms with Crippen molar-refractivity contribution in [2.75, 3.05) is 26.1 Å². The topological polar surface area (TPSA) is 47.6 Å². The van der Waals surface area contributed by atoms with Gasteiger partial charge < -0.3 is 14.8 Å². The molecule has 6 heteroatoms. The van der Waals surface area contributed by atoms with Crippen LogP contribution in [0.4, 0.5) is 0 Å². The van der Waals surface area contributed by atoms with Gasteiger partial charge in [-0.15, -0.1) is 0 Å². The van der Waals surface area contributed by atoms with E-state index in [2.05, 4.69) is 19.2 Å². The zero-order chi connectivity index (χ0) is 17.7. The fourth-order valence-electron chi connectivity index (χ4n) is 2.02. The largest absolute Gasteiger partial charge is 0.461 e. The lowest BCUT2D eigenvalue weighted by molar-refractivity contribution is -0.145. The molecular formula is C18H29NO3S2. The second kappa shape index (κ2) is 12.6. The zero-order valence-corrected chi connectivity index (χ0v) is 16.5. The van der Waals surface area contributed by atoms with E-state index in [1.165, 1.54) is 0 Å². The van der Waals surface area contributed by atoms with Crippen LogP contribution in [0.5, 0.6) is 0 Å². The van der Waals surface area contributed by atoms with Crippen molar-refractivity contribution in [3.63, 3.8) is 0 Å². The third-order valence-electron chi connectivity index (χ3n) is 3.18. The van der Waals surface area contributed by atoms with E-state index in [0.29, 0.717) is 25.6 Å². The smallest absolute Gasteiger partial charge is 0.306 e. The quantitative estimate of drug-likeness (QED) is 0.242. The molecule has 24 heavy (non-hydrogen) atoms. The van der Waals surface area contributed by atoms with Crippen LogP contribution in [0.1, 0.15) is 38.7 Å². The minimum atomic E-state index is -0.141. The fraction of sp³-hybridized carbons (Fsp3) is 0.611. The first-order chi connectivity index (χ1) is 11.5. The molecule has 0 aliphatic carbocycles. The van der Waals surface area contributed by atoms with Crippen molar-refractivity contribution < 1.29 is 14.3 Å². The fourth-order valence-corrected chi connectivity index (χ4v) is 4.25. The maximum Gasteiger partial charge on any atom is 0.306 e. The summed E-state index contributed by atoms with van der Waals surface area (Å²) in [5.41, 5.74) is 1.02. The van der Waals surface area contributed by atoms with Gasteiger partial charge in [0.05, 0.1) is 0 Å². The first-order valence-electron chi connectivity index (χ1n) is 8.26. The molecule has 1 N–H and O–H groups in total. The van der Waals surface area contributed by atoms with Crippen LogP contribution in [0.2, 0.25) is 0 Å². The Morgan fingerprint density at radius 3 is 2.67 bits per heavy atom. The van der Waals surface area contributed by atoms with E-state index >= 15 is 0 Å². The number of esters is 1. The molecule has 0 radical (unpaired) electrons. The minimum absolute atomic E-state index is 0.141. The first-order valence-corrected chi connectivity index (χ1v) is 10.6. The Morgan fingerprint density at radius 1 is 1.21 bits per heavy atom. The van der Waals surface area contributed by atoms with Gasteiger partial charge in [-0.05, 0) is 39.3 Å². The van der Waals surface area contributed by atoms with E-state index in [1.807, 2.05) is 48.2 Å². The number of hydrogen-bond acceptors (Lipinski definition) is 6. The van der Waals surface area contributed by atoms with Gasteiger partial charge in [0.25, 0.3) is 0 Å². The highest BCUT2D eigenvalue weighted by Crippen LogP contribution is 2.34. The highest BCUT2D eigenvalue weighted by Gasteiger charge is 2.17. The van der Waals surface area contributed by atoms with E-state index < -0.39 is 0 Å². The number of carbonyl (C=O) groups is 1. The van der Waals surface area contributed by atoms with Crippen LogP contribution < -0.4 is 5.32 Å². The second-order valence-electron chi connectivity index (χ2n) is 6.12. The molecule has 0 fully saturated rings. The molecule has 1 aromatic rings. The monoisotopic (exact) mass is 371 g/mol. The Hall–Kier alpha value is -0.690. The molecule has 0 amide bonds. The summed E-state index contributed by atoms with van der Waals surface area (Å²) in [4.78, 5) is 11.6. The molecule has 0 bridgehead atoms. The van der Waals surface area contributed by atoms with Gasteiger partial charge in [-0.3, -0.25) is 4.79 Å². The molecule has 0 saturated carbocycles. The van der Waals surface area contributed by atoms with Gasteiger partial charge in [0.1, 0.15) is 12.5 Å². The van der Waals surface area contributed by atoms with Crippen molar-refractivity contribution in [3.8, 4) is 0 Å². The maximum absolute atomic E-state index is 11.6. The van der Waals surface area contributed by atoms with E-state index in [-0.39, 0.29) is 10.7 Å². The van der Waals surface area contributed by atoms with Crippen LogP contribution in [0.15, 0.2) is 30.3 Å². The Kier molecular flexibility index (Phi) is 11.2. The van der Waals surface area contributed by atoms with Crippen molar-refractivity contribution >= 4 is 27.6 Å². The molecule has 0 unspecified atom stereocenters. The van der Waals surface area contributed by atoms with Crippen molar-refractivity contribution in [2.45, 2.75) is 44.5 Å². The Labute approximate surface area is 153 Å². The third kappa shape index (κ3) is 11.0. The van der Waals surface area contributed by atoms with Crippen LogP contribution in [-0.4, -0.2) is 36.9 Å². The number of ether oxygens (including phenoxy) is 2. The SMILES string of the molecule is CNCC(C)(C)SSCOCCCCC(=O)OCc1ccccc1. The number of unbranched alkanes of at least 4 members (excludes halogenated alkanes) is 1. The second-order valence-corrected chi connectivity index (χ2v) is 9.07. The van der Waals surface area contributed by atoms with Gasteiger partial charge in [0, 0.05) is 24.3 Å². The summed E-state index contributed by atoms with van der Waals surface area (Å²) in [6.45, 7) is 6.43. The van der Waals surface area contributed by atoms with Crippen molar-refractivity contribution in [2.24, 2.45) is 0 Å². The third-order valence-corrected chi connectivity index (χ3v) is 6.15. The summed E-state index contributed by atoms with van der Waals surface area (Å²) in [5.74, 6) is 0.536. The molecule has 0 saturated heterocycles. The lowest BCUT2D eigenvalue weighted by Gasteiger charge is -2.22. The van der Waals surface area contributed by atoms with Crippen molar-refractivity contribution in [1.29, 1.82) is 0 Å². The molecular weight excluding hydrogens is 342 g/mol. The predicted octanol–water partition coefficient (Wildman–Crippen LogP) is 4.25. The summed E-state index contributed by atoms with van der Waals surface area (Å²) in [5, 5.41) is 3.19. The van der Waals surface area contributed by atoms with Gasteiger partial charge in [-0.2, -0.15) is 0 Å². The average molecular weight is 372 g/mol. The van der Waals surface area contributed by atoms with Gasteiger partial charge in [0.2, 0.25) is 0 Å². The van der Waals surface area contributed by atoms with Gasteiger partial charge >= 0.3 is 5.97 Å². The van der Waals surface area contributed by atoms with Crippen LogP contribution in [0, 0.1) is 0 Å². The summed E-state index contributed by atoms with van der Waals surface area (Å²) in [6.07, 6.45) is 2.13. The minimum Gasteiger partial charge on any atom is -0.461 e. The molecule has 0 spiro atoms. The lowest BCUT2D eigenvalue weighted by atomic mass is 10.2. The Morgan fingerprint density at radius 2 is 1.96 bits per heavy atom. The number of carbonyl (C=O) groups excluding carboxylic acids is 1.